The van der Waals surface area contributed by atoms with Crippen LogP contribution in [0.2, 0.25) is 0 Å². The molecule has 0 saturated carbocycles. The van der Waals surface area contributed by atoms with E-state index in [0.717, 1.165) is 19.6 Å². The van der Waals surface area contributed by atoms with Gasteiger partial charge in [0, 0.05) is 31.1 Å². The molecule has 5 heteroatoms. The Hall–Kier alpha value is -2.58. The first-order valence-corrected chi connectivity index (χ1v) is 8.62. The van der Waals surface area contributed by atoms with Crippen molar-refractivity contribution < 1.29 is 9.47 Å². The largest absolute Gasteiger partial charge is 0.481 e. The highest BCUT2D eigenvalue weighted by Gasteiger charge is 2.20. The minimum atomic E-state index is 0.500. The molecule has 25 heavy (non-hydrogen) atoms. The van der Waals surface area contributed by atoms with Gasteiger partial charge in [-0.2, -0.15) is 10.2 Å². The Labute approximate surface area is 148 Å². The van der Waals surface area contributed by atoms with Gasteiger partial charge in [0.1, 0.15) is 0 Å². The highest BCUT2D eigenvalue weighted by molar-refractivity contribution is 5.31. The number of piperidine rings is 1. The Morgan fingerprint density at radius 1 is 1.20 bits per heavy atom. The monoisotopic (exact) mass is 337 g/mol. The first kappa shape index (κ1) is 17.2. The molecule has 3 rings (SSSR count). The number of nitriles is 1. The summed E-state index contributed by atoms with van der Waals surface area (Å²) in [4.78, 5) is 6.75. The zero-order valence-corrected chi connectivity index (χ0v) is 14.5. The highest BCUT2D eigenvalue weighted by atomic mass is 16.5. The standard InChI is InChI=1S/C20H23N3O2/c1-24-19-5-2-6-20(22-19)25-15-18-4-3-11-23(14-18)13-17-9-7-16(12-21)8-10-17/h2,5-10,18H,3-4,11,13-15H2,1H3. The van der Waals surface area contributed by atoms with Crippen molar-refractivity contribution in [3.8, 4) is 17.8 Å². The lowest BCUT2D eigenvalue weighted by Gasteiger charge is -2.32. The summed E-state index contributed by atoms with van der Waals surface area (Å²) in [5.41, 5.74) is 1.95. The number of nitrogens with zero attached hydrogens (tertiary/aromatic N) is 3. The van der Waals surface area contributed by atoms with E-state index in [2.05, 4.69) is 16.0 Å². The normalized spacial score (nSPS) is 17.7. The Morgan fingerprint density at radius 3 is 2.76 bits per heavy atom. The minimum Gasteiger partial charge on any atom is -0.481 e. The predicted octanol–water partition coefficient (Wildman–Crippen LogP) is 3.25. The molecule has 0 amide bonds. The van der Waals surface area contributed by atoms with Gasteiger partial charge >= 0.3 is 0 Å². The molecule has 0 spiro atoms. The lowest BCUT2D eigenvalue weighted by molar-refractivity contribution is 0.122. The Balaban J connectivity index is 1.51. The van der Waals surface area contributed by atoms with Crippen LogP contribution in [-0.4, -0.2) is 36.7 Å². The lowest BCUT2D eigenvalue weighted by Crippen LogP contribution is -2.37. The molecule has 0 radical (unpaired) electrons. The maximum absolute atomic E-state index is 8.88. The molecule has 1 aromatic carbocycles. The van der Waals surface area contributed by atoms with Crippen LogP contribution in [0.15, 0.2) is 42.5 Å². The molecule has 1 aromatic heterocycles. The molecule has 5 nitrogen and oxygen atoms in total. The lowest BCUT2D eigenvalue weighted by atomic mass is 9.98. The Kier molecular flexibility index (Phi) is 5.86. The summed E-state index contributed by atoms with van der Waals surface area (Å²) in [6, 6.07) is 15.6. The van der Waals surface area contributed by atoms with Gasteiger partial charge in [-0.05, 0) is 37.1 Å². The second kappa shape index (κ2) is 8.50. The minimum absolute atomic E-state index is 0.500. The zero-order chi connectivity index (χ0) is 17.5. The molecule has 1 unspecified atom stereocenters. The number of hydrogen-bond donors (Lipinski definition) is 0. The van der Waals surface area contributed by atoms with E-state index in [-0.39, 0.29) is 0 Å². The molecule has 130 valence electrons. The number of benzene rings is 1. The van der Waals surface area contributed by atoms with Crippen molar-refractivity contribution in [1.82, 2.24) is 9.88 Å². The van der Waals surface area contributed by atoms with E-state index in [1.165, 1.54) is 18.4 Å². The summed E-state index contributed by atoms with van der Waals surface area (Å²) >= 11 is 0. The van der Waals surface area contributed by atoms with Crippen LogP contribution in [-0.2, 0) is 6.54 Å². The SMILES string of the molecule is COc1cccc(OCC2CCCN(Cc3ccc(C#N)cc3)C2)n1. The molecular weight excluding hydrogens is 314 g/mol. The van der Waals surface area contributed by atoms with Gasteiger partial charge in [-0.15, -0.1) is 0 Å². The summed E-state index contributed by atoms with van der Waals surface area (Å²) in [6.45, 7) is 3.71. The van der Waals surface area contributed by atoms with Crippen LogP contribution in [0.5, 0.6) is 11.8 Å². The second-order valence-corrected chi connectivity index (χ2v) is 6.38. The van der Waals surface area contributed by atoms with E-state index in [9.17, 15) is 0 Å². The number of pyridine rings is 1. The van der Waals surface area contributed by atoms with Crippen LogP contribution in [0.4, 0.5) is 0 Å². The van der Waals surface area contributed by atoms with Crippen molar-refractivity contribution in [2.24, 2.45) is 5.92 Å². The average Bonchev–Trinajstić information content (AvgIpc) is 2.67. The predicted molar refractivity (Wildman–Crippen MR) is 95.4 cm³/mol. The molecule has 1 atom stereocenters. The topological polar surface area (TPSA) is 58.4 Å². The smallest absolute Gasteiger partial charge is 0.216 e. The van der Waals surface area contributed by atoms with E-state index >= 15 is 0 Å². The fourth-order valence-corrected chi connectivity index (χ4v) is 3.17. The van der Waals surface area contributed by atoms with Crippen LogP contribution in [0, 0.1) is 17.2 Å². The molecule has 2 aromatic rings. The summed E-state index contributed by atoms with van der Waals surface area (Å²) in [5.74, 6) is 1.69. The third kappa shape index (κ3) is 4.94. The van der Waals surface area contributed by atoms with E-state index in [4.69, 9.17) is 14.7 Å². The van der Waals surface area contributed by atoms with Crippen molar-refractivity contribution >= 4 is 0 Å². The van der Waals surface area contributed by atoms with Crippen molar-refractivity contribution in [2.45, 2.75) is 19.4 Å². The molecule has 1 fully saturated rings. The third-order valence-corrected chi connectivity index (χ3v) is 4.47. The van der Waals surface area contributed by atoms with E-state index in [1.807, 2.05) is 42.5 Å². The summed E-state index contributed by atoms with van der Waals surface area (Å²) < 4.78 is 11.0. The summed E-state index contributed by atoms with van der Waals surface area (Å²) in [6.07, 6.45) is 2.35. The van der Waals surface area contributed by atoms with Crippen LogP contribution >= 0.6 is 0 Å². The number of aromatic nitrogens is 1. The number of likely N-dealkylation sites (tertiary alicyclic amines) is 1. The van der Waals surface area contributed by atoms with Crippen LogP contribution in [0.3, 0.4) is 0 Å². The Morgan fingerprint density at radius 2 is 2.00 bits per heavy atom. The third-order valence-electron chi connectivity index (χ3n) is 4.47. The molecule has 0 N–H and O–H groups in total. The van der Waals surface area contributed by atoms with E-state index in [1.54, 1.807) is 7.11 Å². The molecule has 0 bridgehead atoms. The number of hydrogen-bond acceptors (Lipinski definition) is 5. The van der Waals surface area contributed by atoms with Crippen molar-refractivity contribution in [2.75, 3.05) is 26.8 Å². The van der Waals surface area contributed by atoms with Crippen molar-refractivity contribution in [3.63, 3.8) is 0 Å². The Bertz CT molecular complexity index is 724. The average molecular weight is 337 g/mol. The molecule has 1 saturated heterocycles. The van der Waals surface area contributed by atoms with Gasteiger partial charge in [0.2, 0.25) is 11.8 Å². The van der Waals surface area contributed by atoms with Crippen molar-refractivity contribution in [3.05, 3.63) is 53.6 Å². The fourth-order valence-electron chi connectivity index (χ4n) is 3.17. The van der Waals surface area contributed by atoms with Gasteiger partial charge in [0.15, 0.2) is 0 Å². The van der Waals surface area contributed by atoms with Crippen molar-refractivity contribution in [1.29, 1.82) is 5.26 Å². The number of methoxy groups -OCH3 is 1. The molecular formula is C20H23N3O2. The number of ether oxygens (including phenoxy) is 2. The van der Waals surface area contributed by atoms with E-state index in [0.29, 0.717) is 29.8 Å². The van der Waals surface area contributed by atoms with Gasteiger partial charge in [-0.1, -0.05) is 18.2 Å². The maximum atomic E-state index is 8.88. The van der Waals surface area contributed by atoms with Crippen LogP contribution in [0.1, 0.15) is 24.0 Å². The molecule has 0 aliphatic carbocycles. The van der Waals surface area contributed by atoms with Gasteiger partial charge in [-0.3, -0.25) is 4.90 Å². The summed E-state index contributed by atoms with van der Waals surface area (Å²) in [7, 11) is 1.61. The van der Waals surface area contributed by atoms with E-state index < -0.39 is 0 Å². The molecule has 2 heterocycles. The van der Waals surface area contributed by atoms with Crippen LogP contribution in [0.25, 0.3) is 0 Å². The van der Waals surface area contributed by atoms with Gasteiger partial charge in [0.25, 0.3) is 0 Å². The quantitative estimate of drug-likeness (QED) is 0.810. The molecule has 1 aliphatic rings. The van der Waals surface area contributed by atoms with Gasteiger partial charge in [0.05, 0.1) is 25.3 Å². The van der Waals surface area contributed by atoms with Crippen LogP contribution < -0.4 is 9.47 Å². The first-order chi connectivity index (χ1) is 12.3. The first-order valence-electron chi connectivity index (χ1n) is 8.62. The highest BCUT2D eigenvalue weighted by Crippen LogP contribution is 2.21. The number of rotatable bonds is 6. The molecule has 1 aliphatic heterocycles. The second-order valence-electron chi connectivity index (χ2n) is 6.38. The fraction of sp³-hybridized carbons (Fsp3) is 0.400. The summed E-state index contributed by atoms with van der Waals surface area (Å²) in [5, 5.41) is 8.88. The van der Waals surface area contributed by atoms with Gasteiger partial charge < -0.3 is 9.47 Å². The van der Waals surface area contributed by atoms with Gasteiger partial charge in [-0.25, -0.2) is 0 Å². The maximum Gasteiger partial charge on any atom is 0.216 e. The zero-order valence-electron chi connectivity index (χ0n) is 14.5.